The molecule has 0 aromatic carbocycles. The first-order valence-electron chi connectivity index (χ1n) is 21.5. The molecular formula is C45H80N6O14P4S4. The lowest BCUT2D eigenvalue weighted by atomic mass is 10.1. The maximum absolute atomic E-state index is 11.7. The Morgan fingerprint density at radius 3 is 1.07 bits per heavy atom. The van der Waals surface area contributed by atoms with Gasteiger partial charge in [-0.15, -0.1) is 0 Å². The molecule has 2 unspecified atom stereocenters. The lowest BCUT2D eigenvalue weighted by Gasteiger charge is -2.13. The number of carbonyl (C=O) groups is 10. The highest BCUT2D eigenvalue weighted by Crippen LogP contribution is 2.16. The van der Waals surface area contributed by atoms with Gasteiger partial charge in [-0.05, 0) is 72.9 Å². The van der Waals surface area contributed by atoms with Gasteiger partial charge < -0.3 is 40.2 Å². The Balaban J connectivity index is -0.000000269. The summed E-state index contributed by atoms with van der Waals surface area (Å²) >= 11 is 18.2. The Labute approximate surface area is 460 Å². The quantitative estimate of drug-likeness (QED) is 0.0339. The van der Waals surface area contributed by atoms with Crippen LogP contribution in [0.1, 0.15) is 102 Å². The van der Waals surface area contributed by atoms with Crippen LogP contribution in [0.3, 0.4) is 0 Å². The fraction of sp³-hybridized carbons (Fsp3) is 0.689. The molecule has 2 atom stereocenters. The van der Waals surface area contributed by atoms with Gasteiger partial charge in [0.05, 0.1) is 54.4 Å². The highest BCUT2D eigenvalue weighted by molar-refractivity contribution is 8.40. The largest absolute Gasteiger partial charge is 0.377 e. The number of rotatable bonds is 37. The van der Waals surface area contributed by atoms with Gasteiger partial charge in [0.15, 0.2) is 11.0 Å². The summed E-state index contributed by atoms with van der Waals surface area (Å²) in [5.41, 5.74) is 0.125. The van der Waals surface area contributed by atoms with Gasteiger partial charge in [0.2, 0.25) is 23.6 Å². The second kappa shape index (κ2) is 53.7. The smallest absolute Gasteiger partial charge is 0.253 e. The molecule has 20 nitrogen and oxygen atoms in total. The van der Waals surface area contributed by atoms with Crippen LogP contribution < -0.4 is 21.3 Å². The molecule has 28 heteroatoms. The van der Waals surface area contributed by atoms with Crippen LogP contribution in [0.15, 0.2) is 24.3 Å². The third-order valence-electron chi connectivity index (χ3n) is 9.10. The van der Waals surface area contributed by atoms with E-state index in [0.29, 0.717) is 27.8 Å². The number of hydrogen-bond acceptors (Lipinski definition) is 18. The SMILES string of the molecule is C.C.C.C.C.CC(CCCCNC(=O)COCCOCCNC(=O)CCN1C(=O)C=CC1=O)C(=O)P=S.CC(CCCCNC(=O)COCCOCCNC(=O)CCN1C(=O)C=CC1=O)C(=O)P=S.S=PP=S. The average molecular weight is 1180 g/mol. The van der Waals surface area contributed by atoms with Gasteiger partial charge in [0.25, 0.3) is 23.6 Å². The highest BCUT2D eigenvalue weighted by Gasteiger charge is 2.24. The average Bonchev–Trinajstić information content (AvgIpc) is 3.83. The normalized spacial score (nSPS) is 12.8. The molecule has 0 fully saturated rings. The van der Waals surface area contributed by atoms with Crippen LogP contribution in [0.2, 0.25) is 0 Å². The number of ether oxygens (including phenoxy) is 4. The molecule has 0 aromatic heterocycles. The summed E-state index contributed by atoms with van der Waals surface area (Å²) in [5.74, 6) is -2.71. The van der Waals surface area contributed by atoms with Crippen molar-refractivity contribution < 1.29 is 66.9 Å². The minimum atomic E-state index is -0.411. The zero-order valence-electron chi connectivity index (χ0n) is 38.1. The van der Waals surface area contributed by atoms with Crippen LogP contribution >= 0.6 is 28.8 Å². The van der Waals surface area contributed by atoms with Crippen molar-refractivity contribution in [3.8, 4) is 0 Å². The summed E-state index contributed by atoms with van der Waals surface area (Å²) in [5, 5.41) is 10.8. The number of unbranched alkanes of at least 4 members (excludes halogenated alkanes) is 2. The third-order valence-corrected chi connectivity index (χ3v) is 14.1. The molecule has 0 aliphatic carbocycles. The number of nitrogens with one attached hydrogen (secondary N) is 4. The summed E-state index contributed by atoms with van der Waals surface area (Å²) in [6.45, 7) is 6.91. The van der Waals surface area contributed by atoms with E-state index in [1.807, 2.05) is 13.8 Å². The second-order valence-corrected chi connectivity index (χ2v) is 21.0. The van der Waals surface area contributed by atoms with Crippen molar-refractivity contribution in [2.75, 3.05) is 92.1 Å². The molecule has 0 saturated heterocycles. The van der Waals surface area contributed by atoms with E-state index in [-0.39, 0.29) is 176 Å². The number of hydrogen-bond donors (Lipinski definition) is 4. The Morgan fingerprint density at radius 2 is 0.767 bits per heavy atom. The van der Waals surface area contributed by atoms with Crippen molar-refractivity contribution in [2.45, 2.75) is 102 Å². The molecule has 0 radical (unpaired) electrons. The zero-order chi connectivity index (χ0) is 51.0. The van der Waals surface area contributed by atoms with Gasteiger partial charge in [0, 0.05) is 102 Å². The molecule has 2 heterocycles. The molecular weight excluding hydrogens is 1100 g/mol. The fourth-order valence-electron chi connectivity index (χ4n) is 5.34. The van der Waals surface area contributed by atoms with E-state index in [0.717, 1.165) is 62.4 Å². The summed E-state index contributed by atoms with van der Waals surface area (Å²) < 4.78 is 21.1. The van der Waals surface area contributed by atoms with E-state index in [2.05, 4.69) is 44.9 Å². The van der Waals surface area contributed by atoms with E-state index >= 15 is 0 Å². The van der Waals surface area contributed by atoms with Crippen molar-refractivity contribution in [3.63, 3.8) is 0 Å². The summed E-state index contributed by atoms with van der Waals surface area (Å²) in [7, 11) is 2.49. The Hall–Kier alpha value is -3.10. The van der Waals surface area contributed by atoms with Gasteiger partial charge in [-0.2, -0.15) is 0 Å². The van der Waals surface area contributed by atoms with E-state index < -0.39 is 23.6 Å². The van der Waals surface area contributed by atoms with Gasteiger partial charge in [-0.25, -0.2) is 0 Å². The lowest BCUT2D eigenvalue weighted by Crippen LogP contribution is -2.35. The molecule has 2 aliphatic heterocycles. The summed E-state index contributed by atoms with van der Waals surface area (Å²) in [4.78, 5) is 117. The second-order valence-electron chi connectivity index (χ2n) is 14.4. The van der Waals surface area contributed by atoms with Crippen LogP contribution in [0, 0.1) is 11.8 Å². The summed E-state index contributed by atoms with van der Waals surface area (Å²) in [6.07, 6.45) is 9.56. The number of imide groups is 2. The van der Waals surface area contributed by atoms with Crippen LogP contribution in [0.4, 0.5) is 0 Å². The van der Waals surface area contributed by atoms with E-state index in [4.69, 9.17) is 42.6 Å². The van der Waals surface area contributed by atoms with Crippen LogP contribution in [0.5, 0.6) is 0 Å². The van der Waals surface area contributed by atoms with Crippen molar-refractivity contribution in [2.24, 2.45) is 11.8 Å². The first kappa shape index (κ1) is 81.3. The Kier molecular flexibility index (Phi) is 59.8. The molecule has 0 bridgehead atoms. The maximum Gasteiger partial charge on any atom is 0.253 e. The Morgan fingerprint density at radius 1 is 0.466 bits per heavy atom. The van der Waals surface area contributed by atoms with E-state index in [9.17, 15) is 47.9 Å². The number of amides is 8. The molecule has 2 rings (SSSR count). The van der Waals surface area contributed by atoms with E-state index in [1.165, 1.54) is 24.3 Å². The minimum absolute atomic E-state index is 0. The Bertz CT molecular complexity index is 1630. The molecule has 8 amide bonds. The molecule has 0 spiro atoms. The summed E-state index contributed by atoms with van der Waals surface area (Å²) in [6, 6.07) is 0. The molecule has 418 valence electrons. The van der Waals surface area contributed by atoms with Crippen LogP contribution in [-0.2, 0) is 114 Å². The van der Waals surface area contributed by atoms with E-state index in [1.54, 1.807) is 0 Å². The molecule has 73 heavy (non-hydrogen) atoms. The van der Waals surface area contributed by atoms with Crippen molar-refractivity contribution in [3.05, 3.63) is 24.3 Å². The fourth-order valence-corrected chi connectivity index (χ4v) is 7.03. The number of carbonyl (C=O) groups excluding carboxylic acids is 10. The van der Waals surface area contributed by atoms with Crippen LogP contribution in [-0.4, -0.2) is 160 Å². The molecule has 0 aromatic rings. The lowest BCUT2D eigenvalue weighted by molar-refractivity contribution is -0.139. The predicted octanol–water partition coefficient (Wildman–Crippen LogP) is 5.51. The van der Waals surface area contributed by atoms with Gasteiger partial charge >= 0.3 is 0 Å². The molecule has 4 N–H and O–H groups in total. The van der Waals surface area contributed by atoms with Crippen molar-refractivity contribution in [1.29, 1.82) is 0 Å². The first-order valence-corrected chi connectivity index (χ1v) is 29.8. The van der Waals surface area contributed by atoms with Gasteiger partial charge in [-0.3, -0.25) is 57.7 Å². The maximum atomic E-state index is 11.7. The standard InChI is InChI=1S/2C20H30N3O7PS.5CH4.P2S2/c2*1-15(20(28)31-32)4-2-3-8-21-17(25)14-30-13-12-29-11-9-22-16(24)7-10-23-18(26)5-6-19(23)27;;;;;;3-1-2-4/h2*5-6,15H,2-4,7-14H2,1H3,(H,21,25)(H,22,24);5*1H4;. The van der Waals surface area contributed by atoms with Gasteiger partial charge in [-0.1, -0.05) is 63.8 Å². The van der Waals surface area contributed by atoms with Crippen molar-refractivity contribution in [1.82, 2.24) is 31.1 Å². The van der Waals surface area contributed by atoms with Crippen molar-refractivity contribution >= 4 is 134 Å². The third kappa shape index (κ3) is 43.8. The predicted molar refractivity (Wildman–Crippen MR) is 303 cm³/mol. The topological polar surface area (TPSA) is 262 Å². The first-order chi connectivity index (χ1) is 32.6. The molecule has 0 saturated carbocycles. The van der Waals surface area contributed by atoms with Crippen LogP contribution in [0.25, 0.3) is 0 Å². The minimum Gasteiger partial charge on any atom is -0.377 e. The zero-order valence-corrected chi connectivity index (χ0v) is 44.9. The number of nitrogens with zero attached hydrogens (tertiary/aromatic N) is 2. The monoisotopic (exact) mass is 1180 g/mol. The molecule has 2 aliphatic rings. The van der Waals surface area contributed by atoms with Gasteiger partial charge in [0.1, 0.15) is 13.2 Å². The highest BCUT2D eigenvalue weighted by atomic mass is 32.7.